The van der Waals surface area contributed by atoms with Gasteiger partial charge in [0.1, 0.15) is 12.2 Å². The normalized spacial score (nSPS) is 49.5. The Labute approximate surface area is 108 Å². The highest BCUT2D eigenvalue weighted by Crippen LogP contribution is 2.43. The first-order valence-electron chi connectivity index (χ1n) is 6.60. The van der Waals surface area contributed by atoms with Gasteiger partial charge in [0.15, 0.2) is 17.9 Å². The van der Waals surface area contributed by atoms with Crippen molar-refractivity contribution in [2.75, 3.05) is 6.61 Å². The standard InChI is InChI=1S/C13H22O5/c1-7-9(8-6-14-12(2,3)16-8)15-11-10(7)17-13(4,5)18-11/h7-11H,6H2,1-5H3/t7-,8-,9-,10-,11-/m1/s1. The highest BCUT2D eigenvalue weighted by atomic mass is 16.8. The molecular weight excluding hydrogens is 236 g/mol. The van der Waals surface area contributed by atoms with Crippen molar-refractivity contribution < 1.29 is 23.7 Å². The second-order valence-corrected chi connectivity index (χ2v) is 6.30. The van der Waals surface area contributed by atoms with E-state index in [1.165, 1.54) is 0 Å². The summed E-state index contributed by atoms with van der Waals surface area (Å²) >= 11 is 0. The van der Waals surface area contributed by atoms with Crippen molar-refractivity contribution in [1.29, 1.82) is 0 Å². The molecule has 3 rings (SSSR count). The van der Waals surface area contributed by atoms with Gasteiger partial charge in [-0.2, -0.15) is 0 Å². The third kappa shape index (κ3) is 2.08. The lowest BCUT2D eigenvalue weighted by Crippen LogP contribution is -2.37. The van der Waals surface area contributed by atoms with E-state index in [1.807, 2.05) is 27.7 Å². The molecule has 0 amide bonds. The van der Waals surface area contributed by atoms with Crippen LogP contribution in [0.1, 0.15) is 34.6 Å². The van der Waals surface area contributed by atoms with Crippen molar-refractivity contribution in [2.45, 2.75) is 70.8 Å². The molecule has 3 fully saturated rings. The average Bonchev–Trinajstić information content (AvgIpc) is 2.81. The van der Waals surface area contributed by atoms with Gasteiger partial charge in [0.25, 0.3) is 0 Å². The zero-order valence-corrected chi connectivity index (χ0v) is 11.6. The van der Waals surface area contributed by atoms with E-state index in [9.17, 15) is 0 Å². The first-order chi connectivity index (χ1) is 8.27. The SMILES string of the molecule is C[C@@H]1[C@H]([C@H]2COC(C)(C)O2)O[C@@H]2OC(C)(C)O[C@@H]21. The lowest BCUT2D eigenvalue weighted by atomic mass is 9.97. The number of hydrogen-bond donors (Lipinski definition) is 0. The fraction of sp³-hybridized carbons (Fsp3) is 1.00. The van der Waals surface area contributed by atoms with E-state index in [0.717, 1.165) is 0 Å². The van der Waals surface area contributed by atoms with Crippen LogP contribution in [0.25, 0.3) is 0 Å². The summed E-state index contributed by atoms with van der Waals surface area (Å²) in [6, 6.07) is 0. The molecule has 3 saturated heterocycles. The largest absolute Gasteiger partial charge is 0.348 e. The molecule has 0 unspecified atom stereocenters. The van der Waals surface area contributed by atoms with Crippen LogP contribution in [-0.4, -0.2) is 42.8 Å². The second kappa shape index (κ2) is 3.90. The van der Waals surface area contributed by atoms with E-state index in [4.69, 9.17) is 23.7 Å². The number of hydrogen-bond acceptors (Lipinski definition) is 5. The molecule has 3 aliphatic rings. The minimum Gasteiger partial charge on any atom is -0.348 e. The molecule has 104 valence electrons. The molecule has 0 bridgehead atoms. The maximum atomic E-state index is 5.96. The van der Waals surface area contributed by atoms with Crippen LogP contribution < -0.4 is 0 Å². The first-order valence-corrected chi connectivity index (χ1v) is 6.60. The van der Waals surface area contributed by atoms with E-state index in [2.05, 4.69) is 6.92 Å². The summed E-state index contributed by atoms with van der Waals surface area (Å²) in [4.78, 5) is 0. The van der Waals surface area contributed by atoms with E-state index in [1.54, 1.807) is 0 Å². The molecule has 5 nitrogen and oxygen atoms in total. The summed E-state index contributed by atoms with van der Waals surface area (Å²) in [5.41, 5.74) is 0. The average molecular weight is 258 g/mol. The monoisotopic (exact) mass is 258 g/mol. The Kier molecular flexibility index (Phi) is 2.78. The second-order valence-electron chi connectivity index (χ2n) is 6.30. The summed E-state index contributed by atoms with van der Waals surface area (Å²) in [5, 5.41) is 0. The van der Waals surface area contributed by atoms with Gasteiger partial charge in [0.2, 0.25) is 0 Å². The molecule has 3 aliphatic heterocycles. The van der Waals surface area contributed by atoms with Crippen LogP contribution in [0.5, 0.6) is 0 Å². The van der Waals surface area contributed by atoms with Gasteiger partial charge in [-0.05, 0) is 27.7 Å². The minimum atomic E-state index is -0.555. The molecule has 0 saturated carbocycles. The zero-order chi connectivity index (χ0) is 13.1. The Balaban J connectivity index is 1.68. The Morgan fingerprint density at radius 2 is 1.61 bits per heavy atom. The molecule has 5 heteroatoms. The van der Waals surface area contributed by atoms with Gasteiger partial charge >= 0.3 is 0 Å². The van der Waals surface area contributed by atoms with E-state index < -0.39 is 11.6 Å². The molecule has 3 heterocycles. The fourth-order valence-electron chi connectivity index (χ4n) is 2.99. The summed E-state index contributed by atoms with van der Waals surface area (Å²) < 4.78 is 29.0. The Morgan fingerprint density at radius 3 is 2.17 bits per heavy atom. The molecule has 0 aliphatic carbocycles. The van der Waals surface area contributed by atoms with E-state index in [0.29, 0.717) is 6.61 Å². The Bertz CT molecular complexity index is 340. The first kappa shape index (κ1) is 12.8. The molecular formula is C13H22O5. The number of fused-ring (bicyclic) bond motifs is 1. The van der Waals surface area contributed by atoms with Crippen molar-refractivity contribution in [1.82, 2.24) is 0 Å². The van der Waals surface area contributed by atoms with E-state index >= 15 is 0 Å². The highest BCUT2D eigenvalue weighted by molar-refractivity contribution is 4.95. The van der Waals surface area contributed by atoms with Crippen LogP contribution in [0, 0.1) is 5.92 Å². The maximum Gasteiger partial charge on any atom is 0.187 e. The summed E-state index contributed by atoms with van der Waals surface area (Å²) in [7, 11) is 0. The lowest BCUT2D eigenvalue weighted by molar-refractivity contribution is -0.226. The minimum absolute atomic E-state index is 0.0164. The van der Waals surface area contributed by atoms with Crippen LogP contribution in [-0.2, 0) is 23.7 Å². The van der Waals surface area contributed by atoms with Crippen molar-refractivity contribution in [3.8, 4) is 0 Å². The molecule has 0 aromatic rings. The van der Waals surface area contributed by atoms with Gasteiger partial charge in [-0.1, -0.05) is 6.92 Å². The van der Waals surface area contributed by atoms with Gasteiger partial charge in [-0.3, -0.25) is 0 Å². The predicted molar refractivity (Wildman–Crippen MR) is 62.8 cm³/mol. The third-order valence-corrected chi connectivity index (χ3v) is 3.81. The van der Waals surface area contributed by atoms with Gasteiger partial charge in [0.05, 0.1) is 12.7 Å². The maximum absolute atomic E-state index is 5.96. The number of rotatable bonds is 1. The molecule has 0 radical (unpaired) electrons. The van der Waals surface area contributed by atoms with Crippen LogP contribution in [0.3, 0.4) is 0 Å². The van der Waals surface area contributed by atoms with E-state index in [-0.39, 0.29) is 30.5 Å². The van der Waals surface area contributed by atoms with Crippen molar-refractivity contribution >= 4 is 0 Å². The molecule has 0 aromatic carbocycles. The molecule has 0 spiro atoms. The topological polar surface area (TPSA) is 46.2 Å². The van der Waals surface area contributed by atoms with Gasteiger partial charge in [-0.25, -0.2) is 0 Å². The van der Waals surface area contributed by atoms with Crippen LogP contribution in [0.2, 0.25) is 0 Å². The zero-order valence-electron chi connectivity index (χ0n) is 11.6. The molecule has 0 N–H and O–H groups in total. The molecule has 18 heavy (non-hydrogen) atoms. The van der Waals surface area contributed by atoms with Crippen molar-refractivity contribution in [3.63, 3.8) is 0 Å². The van der Waals surface area contributed by atoms with Crippen molar-refractivity contribution in [2.24, 2.45) is 5.92 Å². The van der Waals surface area contributed by atoms with Gasteiger partial charge in [-0.15, -0.1) is 0 Å². The third-order valence-electron chi connectivity index (χ3n) is 3.81. The number of ether oxygens (including phenoxy) is 5. The lowest BCUT2D eigenvalue weighted by Gasteiger charge is -2.27. The van der Waals surface area contributed by atoms with Crippen LogP contribution >= 0.6 is 0 Å². The summed E-state index contributed by atoms with van der Waals surface area (Å²) in [6.07, 6.45) is -0.376. The van der Waals surface area contributed by atoms with Gasteiger partial charge in [0, 0.05) is 5.92 Å². The summed E-state index contributed by atoms with van der Waals surface area (Å²) in [6.45, 7) is 10.3. The summed E-state index contributed by atoms with van der Waals surface area (Å²) in [5.74, 6) is -0.841. The predicted octanol–water partition coefficient (Wildman–Crippen LogP) is 1.65. The van der Waals surface area contributed by atoms with Gasteiger partial charge < -0.3 is 23.7 Å². The molecule has 0 aromatic heterocycles. The Hall–Kier alpha value is -0.200. The quantitative estimate of drug-likeness (QED) is 0.715. The van der Waals surface area contributed by atoms with Crippen LogP contribution in [0.15, 0.2) is 0 Å². The molecule has 5 atom stereocenters. The Morgan fingerprint density at radius 1 is 0.889 bits per heavy atom. The smallest absolute Gasteiger partial charge is 0.187 e. The van der Waals surface area contributed by atoms with Crippen LogP contribution in [0.4, 0.5) is 0 Å². The fourth-order valence-corrected chi connectivity index (χ4v) is 2.99. The highest BCUT2D eigenvalue weighted by Gasteiger charge is 2.56. The van der Waals surface area contributed by atoms with Crippen molar-refractivity contribution in [3.05, 3.63) is 0 Å².